The van der Waals surface area contributed by atoms with Crippen LogP contribution in [0.5, 0.6) is 0 Å². The number of rotatable bonds is 4. The van der Waals surface area contributed by atoms with Crippen LogP contribution in [-0.2, 0) is 6.54 Å². The van der Waals surface area contributed by atoms with Crippen LogP contribution in [0.3, 0.4) is 0 Å². The molecular formula is C10H8F3IN4. The highest BCUT2D eigenvalue weighted by Gasteiger charge is 2.42. The van der Waals surface area contributed by atoms with Gasteiger partial charge in [-0.15, -0.1) is 0 Å². The lowest BCUT2D eigenvalue weighted by molar-refractivity contribution is -0.137. The monoisotopic (exact) mass is 368 g/mol. The van der Waals surface area contributed by atoms with Crippen molar-refractivity contribution in [1.82, 2.24) is 9.78 Å². The molecule has 0 N–H and O–H groups in total. The average Bonchev–Trinajstić information content (AvgIpc) is 2.69. The van der Waals surface area contributed by atoms with Crippen LogP contribution < -0.4 is 0 Å². The van der Waals surface area contributed by atoms with Crippen molar-refractivity contribution in [3.05, 3.63) is 27.4 Å². The predicted molar refractivity (Wildman–Crippen MR) is 65.2 cm³/mol. The summed E-state index contributed by atoms with van der Waals surface area (Å²) in [5.74, 6) is 0. The second-order valence-corrected chi connectivity index (χ2v) is 4.97. The lowest BCUT2D eigenvalue weighted by Gasteiger charge is -2.15. The van der Waals surface area contributed by atoms with E-state index in [2.05, 4.69) is 9.94 Å². The summed E-state index contributed by atoms with van der Waals surface area (Å²) >= 11 is 1.99. The largest absolute Gasteiger partial charge is 0.389 e. The van der Waals surface area contributed by atoms with Crippen LogP contribution in [0.2, 0.25) is 0 Å². The van der Waals surface area contributed by atoms with Gasteiger partial charge in [0.2, 0.25) is 0 Å². The number of hydrogen-bond donors (Lipinski definition) is 0. The molecule has 96 valence electrons. The molecular weight excluding hydrogens is 360 g/mol. The summed E-state index contributed by atoms with van der Waals surface area (Å²) in [7, 11) is 0. The van der Waals surface area contributed by atoms with Crippen molar-refractivity contribution in [3.63, 3.8) is 0 Å². The van der Waals surface area contributed by atoms with E-state index in [1.165, 1.54) is 10.9 Å². The highest BCUT2D eigenvalue weighted by atomic mass is 127. The molecule has 0 aliphatic heterocycles. The number of halogens is 4. The third-order valence-electron chi connectivity index (χ3n) is 2.27. The Hall–Kier alpha value is -1.29. The minimum absolute atomic E-state index is 0.161. The third kappa shape index (κ3) is 4.18. The molecule has 0 saturated carbocycles. The normalized spacial score (nSPS) is 14.6. The topological polar surface area (TPSA) is 46.0 Å². The van der Waals surface area contributed by atoms with Crippen molar-refractivity contribution >= 4 is 22.6 Å². The quantitative estimate of drug-likeness (QED) is 0.606. The summed E-state index contributed by atoms with van der Waals surface area (Å²) in [6, 6.07) is 1.68. The number of hydrogen-bond acceptors (Lipinski definition) is 2. The molecule has 8 heteroatoms. The van der Waals surface area contributed by atoms with E-state index < -0.39 is 24.6 Å². The summed E-state index contributed by atoms with van der Waals surface area (Å²) < 4.78 is 38.6. The van der Waals surface area contributed by atoms with E-state index in [1.54, 1.807) is 12.3 Å². The molecule has 1 heterocycles. The Morgan fingerprint density at radius 3 is 2.56 bits per heavy atom. The van der Waals surface area contributed by atoms with Crippen molar-refractivity contribution in [1.29, 1.82) is 5.26 Å². The molecule has 0 spiro atoms. The molecule has 4 nitrogen and oxygen atoms in total. The van der Waals surface area contributed by atoms with Crippen molar-refractivity contribution in [2.45, 2.75) is 31.1 Å². The van der Waals surface area contributed by atoms with Gasteiger partial charge in [-0.05, 0) is 22.6 Å². The van der Waals surface area contributed by atoms with E-state index in [4.69, 9.17) is 11.8 Å². The first-order valence-electron chi connectivity index (χ1n) is 4.85. The standard InChI is InChI=1S/C10H8F3IN4/c1-16-9(6-15,2-3-10(11,12)13)7-18-5-8(14)4-17-18/h4-5H,2-3,7H2. The fraction of sp³-hybridized carbons (Fsp3) is 0.500. The van der Waals surface area contributed by atoms with Crippen molar-refractivity contribution < 1.29 is 13.2 Å². The average molecular weight is 368 g/mol. The van der Waals surface area contributed by atoms with Gasteiger partial charge in [0, 0.05) is 6.20 Å². The molecule has 0 bridgehead atoms. The molecule has 0 aromatic carbocycles. The first kappa shape index (κ1) is 14.8. The maximum absolute atomic E-state index is 12.2. The van der Waals surface area contributed by atoms with E-state index in [0.29, 0.717) is 0 Å². The van der Waals surface area contributed by atoms with Gasteiger partial charge in [0.25, 0.3) is 0 Å². The van der Waals surface area contributed by atoms with E-state index in [-0.39, 0.29) is 6.54 Å². The van der Waals surface area contributed by atoms with Crippen LogP contribution >= 0.6 is 22.6 Å². The van der Waals surface area contributed by atoms with E-state index in [1.807, 2.05) is 22.6 Å². The van der Waals surface area contributed by atoms with Crippen LogP contribution in [0, 0.1) is 21.5 Å². The van der Waals surface area contributed by atoms with Gasteiger partial charge in [0.05, 0.1) is 22.6 Å². The zero-order chi connectivity index (χ0) is 13.8. The van der Waals surface area contributed by atoms with Crippen molar-refractivity contribution in [2.24, 2.45) is 0 Å². The summed E-state index contributed by atoms with van der Waals surface area (Å²) in [6.07, 6.45) is -2.98. The smallest absolute Gasteiger partial charge is 0.292 e. The Kier molecular flexibility index (Phi) is 4.57. The second-order valence-electron chi connectivity index (χ2n) is 3.73. The van der Waals surface area contributed by atoms with Crippen LogP contribution in [-0.4, -0.2) is 21.5 Å². The number of nitriles is 1. The molecule has 0 aliphatic carbocycles. The zero-order valence-electron chi connectivity index (χ0n) is 9.08. The lowest BCUT2D eigenvalue weighted by Crippen LogP contribution is -2.31. The minimum atomic E-state index is -4.37. The maximum atomic E-state index is 12.2. The third-order valence-corrected chi connectivity index (χ3v) is 2.83. The van der Waals surface area contributed by atoms with Crippen molar-refractivity contribution in [2.75, 3.05) is 0 Å². The Labute approximate surface area is 115 Å². The van der Waals surface area contributed by atoms with Crippen LogP contribution in [0.25, 0.3) is 4.85 Å². The fourth-order valence-corrected chi connectivity index (χ4v) is 1.77. The Bertz CT molecular complexity index is 480. The lowest BCUT2D eigenvalue weighted by atomic mass is 9.96. The highest BCUT2D eigenvalue weighted by Crippen LogP contribution is 2.29. The maximum Gasteiger partial charge on any atom is 0.389 e. The van der Waals surface area contributed by atoms with Crippen LogP contribution in [0.4, 0.5) is 13.2 Å². The Balaban J connectivity index is 2.82. The van der Waals surface area contributed by atoms with Gasteiger partial charge in [-0.1, -0.05) is 0 Å². The first-order valence-corrected chi connectivity index (χ1v) is 5.93. The first-order chi connectivity index (χ1) is 8.30. The van der Waals surface area contributed by atoms with Crippen molar-refractivity contribution in [3.8, 4) is 6.07 Å². The number of alkyl halides is 3. The van der Waals surface area contributed by atoms with Gasteiger partial charge >= 0.3 is 11.7 Å². The molecule has 0 radical (unpaired) electrons. The van der Waals surface area contributed by atoms with Gasteiger partial charge in [-0.3, -0.25) is 9.53 Å². The summed E-state index contributed by atoms with van der Waals surface area (Å²) in [5.41, 5.74) is -1.72. The molecule has 0 amide bonds. The second kappa shape index (κ2) is 5.57. The summed E-state index contributed by atoms with van der Waals surface area (Å²) in [4.78, 5) is 3.07. The van der Waals surface area contributed by atoms with Crippen LogP contribution in [0.1, 0.15) is 12.8 Å². The summed E-state index contributed by atoms with van der Waals surface area (Å²) in [6.45, 7) is 6.80. The molecule has 0 saturated heterocycles. The minimum Gasteiger partial charge on any atom is -0.292 e. The predicted octanol–water partition coefficient (Wildman–Crippen LogP) is 3.01. The van der Waals surface area contributed by atoms with Gasteiger partial charge in [-0.2, -0.15) is 23.5 Å². The molecule has 0 fully saturated rings. The van der Waals surface area contributed by atoms with E-state index in [9.17, 15) is 13.2 Å². The number of nitrogens with zero attached hydrogens (tertiary/aromatic N) is 4. The molecule has 0 aliphatic rings. The SMILES string of the molecule is [C-]#[N+]C(C#N)(CCC(F)(F)F)Cn1cc(I)cn1. The fourth-order valence-electron chi connectivity index (χ4n) is 1.33. The van der Waals surface area contributed by atoms with Gasteiger partial charge in [0.15, 0.2) is 6.07 Å². The van der Waals surface area contributed by atoms with Gasteiger partial charge in [0.1, 0.15) is 6.54 Å². The molecule has 1 rings (SSSR count). The molecule has 1 unspecified atom stereocenters. The molecule has 1 aromatic rings. The van der Waals surface area contributed by atoms with Crippen LogP contribution in [0.15, 0.2) is 12.4 Å². The van der Waals surface area contributed by atoms with Gasteiger partial charge in [-0.25, -0.2) is 6.57 Å². The molecule has 18 heavy (non-hydrogen) atoms. The highest BCUT2D eigenvalue weighted by molar-refractivity contribution is 14.1. The molecule has 1 aromatic heterocycles. The Morgan fingerprint density at radius 2 is 2.17 bits per heavy atom. The Morgan fingerprint density at radius 1 is 1.50 bits per heavy atom. The van der Waals surface area contributed by atoms with E-state index >= 15 is 0 Å². The van der Waals surface area contributed by atoms with Gasteiger partial charge < -0.3 is 0 Å². The summed E-state index contributed by atoms with van der Waals surface area (Å²) in [5, 5.41) is 12.8. The van der Waals surface area contributed by atoms with E-state index in [0.717, 1.165) is 3.57 Å². The zero-order valence-corrected chi connectivity index (χ0v) is 11.2. The molecule has 1 atom stereocenters. The number of aromatic nitrogens is 2.